The number of aliphatic hydroxyl groups is 1. The molecule has 0 aliphatic carbocycles. The van der Waals surface area contributed by atoms with Crippen LogP contribution in [0, 0.1) is 5.82 Å². The van der Waals surface area contributed by atoms with Gasteiger partial charge < -0.3 is 24.6 Å². The van der Waals surface area contributed by atoms with Crippen LogP contribution in [-0.2, 0) is 9.53 Å². The van der Waals surface area contributed by atoms with Crippen LogP contribution in [0.4, 0.5) is 10.1 Å². The van der Waals surface area contributed by atoms with E-state index in [1.807, 2.05) is 0 Å². The highest BCUT2D eigenvalue weighted by atomic mass is 35.5. The second kappa shape index (κ2) is 10.5. The fourth-order valence-electron chi connectivity index (χ4n) is 2.23. The van der Waals surface area contributed by atoms with Gasteiger partial charge in [-0.05, 0) is 42.0 Å². The Bertz CT molecular complexity index is 843. The van der Waals surface area contributed by atoms with E-state index in [0.29, 0.717) is 17.2 Å². The van der Waals surface area contributed by atoms with Crippen molar-refractivity contribution in [2.75, 3.05) is 32.7 Å². The maximum absolute atomic E-state index is 13.4. The average molecular weight is 410 g/mol. The van der Waals surface area contributed by atoms with Gasteiger partial charge in [0.05, 0.1) is 19.2 Å². The molecule has 0 aliphatic heterocycles. The molecule has 2 aromatic rings. The Kier molecular flexibility index (Phi) is 8.10. The molecule has 0 amide bonds. The van der Waals surface area contributed by atoms with Crippen molar-refractivity contribution in [1.82, 2.24) is 0 Å². The van der Waals surface area contributed by atoms with Crippen LogP contribution in [0.2, 0.25) is 5.02 Å². The van der Waals surface area contributed by atoms with E-state index < -0.39 is 17.9 Å². The summed E-state index contributed by atoms with van der Waals surface area (Å²) in [5.41, 5.74) is 1.22. The highest BCUT2D eigenvalue weighted by Gasteiger charge is 2.10. The molecule has 2 aromatic carbocycles. The lowest BCUT2D eigenvalue weighted by atomic mass is 10.2. The van der Waals surface area contributed by atoms with Gasteiger partial charge in [-0.25, -0.2) is 9.18 Å². The predicted octanol–water partition coefficient (Wildman–Crippen LogP) is 3.53. The first-order valence-corrected chi connectivity index (χ1v) is 8.74. The largest absolute Gasteiger partial charge is 0.493 e. The van der Waals surface area contributed by atoms with Gasteiger partial charge in [-0.15, -0.1) is 0 Å². The molecule has 0 radical (unpaired) electrons. The lowest BCUT2D eigenvalue weighted by molar-refractivity contribution is -0.134. The van der Waals surface area contributed by atoms with Gasteiger partial charge in [-0.1, -0.05) is 17.7 Å². The van der Waals surface area contributed by atoms with Crippen LogP contribution in [0.15, 0.2) is 42.5 Å². The van der Waals surface area contributed by atoms with Crippen molar-refractivity contribution in [2.24, 2.45) is 0 Å². The first-order valence-electron chi connectivity index (χ1n) is 8.36. The lowest BCUT2D eigenvalue weighted by Crippen LogP contribution is -2.26. The maximum atomic E-state index is 13.4. The molecule has 1 atom stereocenters. The third-order valence-electron chi connectivity index (χ3n) is 3.69. The van der Waals surface area contributed by atoms with Crippen LogP contribution in [0.1, 0.15) is 5.56 Å². The van der Waals surface area contributed by atoms with Gasteiger partial charge in [-0.3, -0.25) is 0 Å². The van der Waals surface area contributed by atoms with E-state index in [2.05, 4.69) is 10.1 Å². The number of esters is 1. The van der Waals surface area contributed by atoms with Crippen molar-refractivity contribution >= 4 is 29.3 Å². The van der Waals surface area contributed by atoms with Gasteiger partial charge in [-0.2, -0.15) is 0 Å². The normalized spacial score (nSPS) is 11.9. The summed E-state index contributed by atoms with van der Waals surface area (Å²) in [5, 5.41) is 13.0. The summed E-state index contributed by atoms with van der Waals surface area (Å²) in [7, 11) is 2.79. The molecule has 0 fully saturated rings. The highest BCUT2D eigenvalue weighted by Crippen LogP contribution is 2.28. The van der Waals surface area contributed by atoms with E-state index >= 15 is 0 Å². The molecule has 150 valence electrons. The number of carbonyl (C=O) groups is 1. The molecule has 1 unspecified atom stereocenters. The number of carbonyl (C=O) groups excluding carboxylic acids is 1. The molecule has 0 aromatic heterocycles. The van der Waals surface area contributed by atoms with Gasteiger partial charge >= 0.3 is 5.97 Å². The summed E-state index contributed by atoms with van der Waals surface area (Å²) in [6.07, 6.45) is 2.04. The van der Waals surface area contributed by atoms with Crippen molar-refractivity contribution in [3.63, 3.8) is 0 Å². The van der Waals surface area contributed by atoms with Crippen LogP contribution in [0.25, 0.3) is 6.08 Å². The van der Waals surface area contributed by atoms with E-state index in [9.17, 15) is 14.3 Å². The Morgan fingerprint density at radius 2 is 2.04 bits per heavy atom. The number of hydrogen-bond donors (Lipinski definition) is 2. The summed E-state index contributed by atoms with van der Waals surface area (Å²) < 4.78 is 28.8. The Labute approximate surface area is 167 Å². The van der Waals surface area contributed by atoms with E-state index in [0.717, 1.165) is 5.56 Å². The van der Waals surface area contributed by atoms with Crippen LogP contribution in [0.5, 0.6) is 11.5 Å². The average Bonchev–Trinajstić information content (AvgIpc) is 2.71. The number of rotatable bonds is 9. The Morgan fingerprint density at radius 3 is 2.71 bits per heavy atom. The Hall–Kier alpha value is -2.77. The fourth-order valence-corrected chi connectivity index (χ4v) is 2.34. The minimum atomic E-state index is -0.845. The van der Waals surface area contributed by atoms with Gasteiger partial charge in [0.15, 0.2) is 11.5 Å². The van der Waals surface area contributed by atoms with E-state index in [1.54, 1.807) is 30.3 Å². The minimum Gasteiger partial charge on any atom is -0.493 e. The minimum absolute atomic E-state index is 0.00320. The third-order valence-corrected chi connectivity index (χ3v) is 4.00. The molecular weight excluding hydrogens is 389 g/mol. The summed E-state index contributed by atoms with van der Waals surface area (Å²) >= 11 is 5.63. The number of ether oxygens (including phenoxy) is 3. The molecule has 2 rings (SSSR count). The summed E-state index contributed by atoms with van der Waals surface area (Å²) in [5.74, 6) is -0.111. The lowest BCUT2D eigenvalue weighted by Gasteiger charge is -2.16. The second-order valence-electron chi connectivity index (χ2n) is 5.74. The zero-order valence-corrected chi connectivity index (χ0v) is 16.2. The molecule has 0 saturated heterocycles. The molecular formula is C20H21ClFNO5. The molecule has 0 heterocycles. The quantitative estimate of drug-likeness (QED) is 0.487. The number of nitrogens with one attached hydrogen (secondary N) is 1. The first kappa shape index (κ1) is 21.5. The maximum Gasteiger partial charge on any atom is 0.330 e. The van der Waals surface area contributed by atoms with Crippen molar-refractivity contribution in [1.29, 1.82) is 0 Å². The monoisotopic (exact) mass is 409 g/mol. The van der Waals surface area contributed by atoms with Crippen LogP contribution in [-0.4, -0.2) is 44.6 Å². The van der Waals surface area contributed by atoms with Crippen LogP contribution in [0.3, 0.4) is 0 Å². The van der Waals surface area contributed by atoms with E-state index in [4.69, 9.17) is 21.1 Å². The van der Waals surface area contributed by atoms with Gasteiger partial charge in [0.1, 0.15) is 18.5 Å². The number of benzene rings is 2. The van der Waals surface area contributed by atoms with Crippen LogP contribution >= 0.6 is 11.6 Å². The van der Waals surface area contributed by atoms with Crippen molar-refractivity contribution < 1.29 is 28.5 Å². The standard InChI is InChI=1S/C20H21ClFNO5/c1-26-19-9-13(4-8-20(25)27-2)3-7-18(19)28-12-15(24)11-23-14-5-6-16(21)17(22)10-14/h3-10,15,23-24H,11-12H2,1-2H3/b8-4+. The number of aliphatic hydroxyl groups excluding tert-OH is 1. The third kappa shape index (κ3) is 6.44. The molecule has 2 N–H and O–H groups in total. The first-order chi connectivity index (χ1) is 13.4. The van der Waals surface area contributed by atoms with Crippen LogP contribution < -0.4 is 14.8 Å². The molecule has 0 bridgehead atoms. The molecule has 0 aliphatic rings. The predicted molar refractivity (Wildman–Crippen MR) is 105 cm³/mol. The number of anilines is 1. The van der Waals surface area contributed by atoms with E-state index in [1.165, 1.54) is 32.4 Å². The zero-order chi connectivity index (χ0) is 20.5. The zero-order valence-electron chi connectivity index (χ0n) is 15.4. The highest BCUT2D eigenvalue weighted by molar-refractivity contribution is 6.30. The Balaban J connectivity index is 1.90. The smallest absolute Gasteiger partial charge is 0.330 e. The van der Waals surface area contributed by atoms with E-state index in [-0.39, 0.29) is 18.2 Å². The van der Waals surface area contributed by atoms with Crippen molar-refractivity contribution in [3.8, 4) is 11.5 Å². The fraction of sp³-hybridized carbons (Fsp3) is 0.250. The van der Waals surface area contributed by atoms with Gasteiger partial charge in [0.25, 0.3) is 0 Å². The SMILES string of the molecule is COC(=O)/C=C/c1ccc(OCC(O)CNc2ccc(Cl)c(F)c2)c(OC)c1. The number of hydrogen-bond acceptors (Lipinski definition) is 6. The van der Waals surface area contributed by atoms with Crippen molar-refractivity contribution in [2.45, 2.75) is 6.10 Å². The topological polar surface area (TPSA) is 77.0 Å². The Morgan fingerprint density at radius 1 is 1.25 bits per heavy atom. The number of methoxy groups -OCH3 is 2. The second-order valence-corrected chi connectivity index (χ2v) is 6.15. The number of halogens is 2. The summed E-state index contributed by atoms with van der Waals surface area (Å²) in [6.45, 7) is 0.153. The molecule has 0 spiro atoms. The van der Waals surface area contributed by atoms with Gasteiger partial charge in [0, 0.05) is 18.3 Å². The van der Waals surface area contributed by atoms with Crippen molar-refractivity contribution in [3.05, 3.63) is 58.9 Å². The molecule has 0 saturated carbocycles. The molecule has 28 heavy (non-hydrogen) atoms. The molecule has 6 nitrogen and oxygen atoms in total. The summed E-state index contributed by atoms with van der Waals surface area (Å²) in [6, 6.07) is 9.39. The van der Waals surface area contributed by atoms with Gasteiger partial charge in [0.2, 0.25) is 0 Å². The summed E-state index contributed by atoms with van der Waals surface area (Å²) in [4.78, 5) is 11.2. The molecule has 8 heteroatoms.